The molecular weight excluding hydrogens is 220 g/mol. The van der Waals surface area contributed by atoms with Gasteiger partial charge in [-0.15, -0.1) is 0 Å². The molecule has 0 aliphatic carbocycles. The Morgan fingerprint density at radius 1 is 1.29 bits per heavy atom. The maximum atomic E-state index is 8.54. The molecule has 1 saturated heterocycles. The standard InChI is InChI=1S/C9H18O3S2/c10-4-7-13-14-8-6-12-9-3-1-2-5-11-9/h9-10H,1-8H2/t9-/m1/s1. The molecule has 0 aromatic rings. The average Bonchev–Trinajstić information content (AvgIpc) is 2.25. The topological polar surface area (TPSA) is 38.7 Å². The van der Waals surface area contributed by atoms with Crippen LogP contribution in [0.3, 0.4) is 0 Å². The van der Waals surface area contributed by atoms with Crippen LogP contribution in [0, 0.1) is 0 Å². The summed E-state index contributed by atoms with van der Waals surface area (Å²) in [5.41, 5.74) is 0. The minimum absolute atomic E-state index is 0.0344. The first-order chi connectivity index (χ1) is 6.93. The van der Waals surface area contributed by atoms with Crippen molar-refractivity contribution in [1.82, 2.24) is 0 Å². The number of hydrogen-bond donors (Lipinski definition) is 1. The zero-order valence-electron chi connectivity index (χ0n) is 8.31. The fourth-order valence-electron chi connectivity index (χ4n) is 1.21. The van der Waals surface area contributed by atoms with E-state index >= 15 is 0 Å². The van der Waals surface area contributed by atoms with E-state index in [0.29, 0.717) is 0 Å². The van der Waals surface area contributed by atoms with Gasteiger partial charge in [-0.2, -0.15) is 0 Å². The van der Waals surface area contributed by atoms with Gasteiger partial charge < -0.3 is 14.6 Å². The number of ether oxygens (including phenoxy) is 2. The molecule has 1 N–H and O–H groups in total. The Morgan fingerprint density at radius 3 is 2.86 bits per heavy atom. The van der Waals surface area contributed by atoms with E-state index in [4.69, 9.17) is 14.6 Å². The molecule has 0 aromatic heterocycles. The second kappa shape index (κ2) is 8.85. The second-order valence-electron chi connectivity index (χ2n) is 3.03. The van der Waals surface area contributed by atoms with Crippen LogP contribution in [-0.4, -0.2) is 42.7 Å². The predicted octanol–water partition coefficient (Wildman–Crippen LogP) is 1.90. The highest BCUT2D eigenvalue weighted by Crippen LogP contribution is 2.20. The number of rotatable bonds is 7. The minimum Gasteiger partial charge on any atom is -0.395 e. The Bertz CT molecular complexity index is 129. The summed E-state index contributed by atoms with van der Waals surface area (Å²) < 4.78 is 11.0. The number of aliphatic hydroxyl groups excluding tert-OH is 1. The average molecular weight is 238 g/mol. The van der Waals surface area contributed by atoms with Crippen molar-refractivity contribution in [3.63, 3.8) is 0 Å². The van der Waals surface area contributed by atoms with Crippen LogP contribution in [0.5, 0.6) is 0 Å². The normalized spacial score (nSPS) is 22.5. The van der Waals surface area contributed by atoms with Crippen molar-refractivity contribution in [2.24, 2.45) is 0 Å². The maximum Gasteiger partial charge on any atom is 0.157 e. The fraction of sp³-hybridized carbons (Fsp3) is 1.00. The quantitative estimate of drug-likeness (QED) is 0.542. The first kappa shape index (κ1) is 12.6. The Hall–Kier alpha value is 0.580. The monoisotopic (exact) mass is 238 g/mol. The molecule has 1 heterocycles. The molecule has 5 heteroatoms. The van der Waals surface area contributed by atoms with E-state index in [1.807, 2.05) is 0 Å². The van der Waals surface area contributed by atoms with Crippen LogP contribution >= 0.6 is 21.6 Å². The van der Waals surface area contributed by atoms with Crippen molar-refractivity contribution in [3.05, 3.63) is 0 Å². The summed E-state index contributed by atoms with van der Waals surface area (Å²) >= 11 is 0. The molecule has 84 valence electrons. The zero-order chi connectivity index (χ0) is 10.1. The molecule has 1 rings (SSSR count). The number of hydrogen-bond acceptors (Lipinski definition) is 5. The molecule has 0 saturated carbocycles. The summed E-state index contributed by atoms with van der Waals surface area (Å²) in [6.45, 7) is 1.84. The fourth-order valence-corrected chi connectivity index (χ4v) is 2.82. The van der Waals surface area contributed by atoms with E-state index < -0.39 is 0 Å². The van der Waals surface area contributed by atoms with Crippen LogP contribution in [-0.2, 0) is 9.47 Å². The molecule has 14 heavy (non-hydrogen) atoms. The molecule has 0 aromatic carbocycles. The SMILES string of the molecule is OCCSSCCO[C@@H]1CCCCO1. The van der Waals surface area contributed by atoms with Gasteiger partial charge in [-0.3, -0.25) is 0 Å². The highest BCUT2D eigenvalue weighted by atomic mass is 33.1. The summed E-state index contributed by atoms with van der Waals surface area (Å²) in [6, 6.07) is 0. The van der Waals surface area contributed by atoms with Gasteiger partial charge in [0, 0.05) is 18.1 Å². The van der Waals surface area contributed by atoms with Gasteiger partial charge in [-0.1, -0.05) is 21.6 Å². The molecule has 0 amide bonds. The lowest BCUT2D eigenvalue weighted by Gasteiger charge is -2.22. The van der Waals surface area contributed by atoms with Gasteiger partial charge >= 0.3 is 0 Å². The van der Waals surface area contributed by atoms with Crippen molar-refractivity contribution in [3.8, 4) is 0 Å². The summed E-state index contributed by atoms with van der Waals surface area (Å²) in [5.74, 6) is 1.76. The lowest BCUT2D eigenvalue weighted by molar-refractivity contribution is -0.158. The zero-order valence-corrected chi connectivity index (χ0v) is 9.95. The molecule has 0 radical (unpaired) electrons. The summed E-state index contributed by atoms with van der Waals surface area (Å²) in [6.07, 6.45) is 3.46. The van der Waals surface area contributed by atoms with Gasteiger partial charge in [-0.25, -0.2) is 0 Å². The third kappa shape index (κ3) is 6.14. The molecule has 1 fully saturated rings. The molecule has 0 bridgehead atoms. The Labute approximate surface area is 93.3 Å². The minimum atomic E-state index is 0.0344. The van der Waals surface area contributed by atoms with E-state index in [1.165, 1.54) is 12.8 Å². The number of aliphatic hydroxyl groups is 1. The van der Waals surface area contributed by atoms with Gasteiger partial charge in [0.05, 0.1) is 13.2 Å². The first-order valence-electron chi connectivity index (χ1n) is 5.02. The molecule has 1 atom stereocenters. The van der Waals surface area contributed by atoms with Crippen LogP contribution in [0.4, 0.5) is 0 Å². The smallest absolute Gasteiger partial charge is 0.157 e. The van der Waals surface area contributed by atoms with Gasteiger partial charge in [0.1, 0.15) is 0 Å². The molecular formula is C9H18O3S2. The van der Waals surface area contributed by atoms with Gasteiger partial charge in [0.2, 0.25) is 0 Å². The van der Waals surface area contributed by atoms with Crippen molar-refractivity contribution < 1.29 is 14.6 Å². The molecule has 3 nitrogen and oxygen atoms in total. The first-order valence-corrected chi connectivity index (χ1v) is 7.51. The molecule has 0 unspecified atom stereocenters. The van der Waals surface area contributed by atoms with E-state index in [2.05, 4.69) is 0 Å². The van der Waals surface area contributed by atoms with E-state index in [0.717, 1.165) is 31.1 Å². The summed E-state index contributed by atoms with van der Waals surface area (Å²) in [5, 5.41) is 8.54. The third-order valence-electron chi connectivity index (χ3n) is 1.87. The van der Waals surface area contributed by atoms with Crippen LogP contribution in [0.15, 0.2) is 0 Å². The van der Waals surface area contributed by atoms with Crippen molar-refractivity contribution in [1.29, 1.82) is 0 Å². The van der Waals surface area contributed by atoms with Crippen molar-refractivity contribution >= 4 is 21.6 Å². The summed E-state index contributed by atoms with van der Waals surface area (Å²) in [7, 11) is 3.43. The van der Waals surface area contributed by atoms with E-state index in [1.54, 1.807) is 21.6 Å². The largest absolute Gasteiger partial charge is 0.395 e. The van der Waals surface area contributed by atoms with Gasteiger partial charge in [0.25, 0.3) is 0 Å². The molecule has 1 aliphatic rings. The summed E-state index contributed by atoms with van der Waals surface area (Å²) in [4.78, 5) is 0. The Kier molecular flexibility index (Phi) is 8.00. The maximum absolute atomic E-state index is 8.54. The van der Waals surface area contributed by atoms with Gasteiger partial charge in [0.15, 0.2) is 6.29 Å². The van der Waals surface area contributed by atoms with Crippen molar-refractivity contribution in [2.75, 3.05) is 31.3 Å². The molecule has 0 spiro atoms. The van der Waals surface area contributed by atoms with E-state index in [9.17, 15) is 0 Å². The van der Waals surface area contributed by atoms with Crippen LogP contribution < -0.4 is 0 Å². The lowest BCUT2D eigenvalue weighted by Crippen LogP contribution is -2.23. The van der Waals surface area contributed by atoms with Crippen LogP contribution in [0.2, 0.25) is 0 Å². The molecule has 1 aliphatic heterocycles. The van der Waals surface area contributed by atoms with Gasteiger partial charge in [-0.05, 0) is 19.3 Å². The van der Waals surface area contributed by atoms with Crippen molar-refractivity contribution in [2.45, 2.75) is 25.6 Å². The van der Waals surface area contributed by atoms with Crippen LogP contribution in [0.1, 0.15) is 19.3 Å². The third-order valence-corrected chi connectivity index (χ3v) is 4.22. The highest BCUT2D eigenvalue weighted by molar-refractivity contribution is 8.76. The lowest BCUT2D eigenvalue weighted by atomic mass is 10.2. The highest BCUT2D eigenvalue weighted by Gasteiger charge is 2.13. The second-order valence-corrected chi connectivity index (χ2v) is 5.74. The Morgan fingerprint density at radius 2 is 2.14 bits per heavy atom. The Balaban J connectivity index is 1.82. The van der Waals surface area contributed by atoms with E-state index in [-0.39, 0.29) is 12.9 Å². The van der Waals surface area contributed by atoms with Crippen LogP contribution in [0.25, 0.3) is 0 Å². The predicted molar refractivity (Wildman–Crippen MR) is 61.5 cm³/mol.